The van der Waals surface area contributed by atoms with Crippen LogP contribution >= 0.6 is 17.9 Å². The fourth-order valence-corrected chi connectivity index (χ4v) is 2.18. The second kappa shape index (κ2) is 25.8. The van der Waals surface area contributed by atoms with Gasteiger partial charge in [0.05, 0.1) is 0 Å². The van der Waals surface area contributed by atoms with Crippen molar-refractivity contribution in [1.29, 1.82) is 0 Å². The van der Waals surface area contributed by atoms with Gasteiger partial charge in [-0.2, -0.15) is 42.8 Å². The summed E-state index contributed by atoms with van der Waals surface area (Å²) in [6.07, 6.45) is 16.9. The van der Waals surface area contributed by atoms with Gasteiger partial charge < -0.3 is 16.7 Å². The molecule has 0 saturated heterocycles. The maximum Gasteiger partial charge on any atom is 2.00 e. The fraction of sp³-hybridized carbons (Fsp3) is 0.650. The molecular formula is C20H37O2PS2Zn. The average molecular weight is 470 g/mol. The molecule has 0 aliphatic carbocycles. The van der Waals surface area contributed by atoms with E-state index in [1.807, 2.05) is 30.3 Å². The minimum Gasteiger partial charge on any atom is -0.343 e. The molecule has 0 unspecified atom stereocenters. The first-order valence-electron chi connectivity index (χ1n) is 9.40. The molecule has 0 aliphatic rings. The monoisotopic (exact) mass is 468 g/mol. The molecule has 1 aromatic rings. The van der Waals surface area contributed by atoms with Crippen LogP contribution in [0.4, 0.5) is 0 Å². The van der Waals surface area contributed by atoms with Gasteiger partial charge in [0.15, 0.2) is 0 Å². The molecule has 0 atom stereocenters. The summed E-state index contributed by atoms with van der Waals surface area (Å²) in [6, 6.07) is 12.5. The summed E-state index contributed by atoms with van der Waals surface area (Å²) in [7, 11) is 0. The molecule has 0 bridgehead atoms. The molecule has 148 valence electrons. The Kier molecular flexibility index (Phi) is 31.2. The minimum absolute atomic E-state index is 0. The normalized spacial score (nSPS) is 9.88. The molecule has 1 rings (SSSR count). The molecule has 2 nitrogen and oxygen atoms in total. The van der Waals surface area contributed by atoms with Crippen molar-refractivity contribution in [2.75, 3.05) is 0 Å². The van der Waals surface area contributed by atoms with Crippen molar-refractivity contribution >= 4 is 29.7 Å². The van der Waals surface area contributed by atoms with Crippen LogP contribution < -0.4 is 0 Å². The molecule has 2 N–H and O–H groups in total. The van der Waals surface area contributed by atoms with Gasteiger partial charge in [-0.15, -0.1) is 0 Å². The third-order valence-electron chi connectivity index (χ3n) is 3.46. The summed E-state index contributed by atoms with van der Waals surface area (Å²) in [5.41, 5.74) is -3.11. The molecule has 0 spiro atoms. The largest absolute Gasteiger partial charge is 2.00 e. The Bertz CT molecular complexity index is 342. The summed E-state index contributed by atoms with van der Waals surface area (Å²) in [5.74, 6) is 0. The van der Waals surface area contributed by atoms with Gasteiger partial charge in [0.25, 0.3) is 0 Å². The second-order valence-corrected chi connectivity index (χ2v) is 11.0. The number of hydrogen-bond acceptors (Lipinski definition) is 1. The summed E-state index contributed by atoms with van der Waals surface area (Å²) in [5, 5.41) is 0. The van der Waals surface area contributed by atoms with E-state index < -0.39 is 5.69 Å². The van der Waals surface area contributed by atoms with Gasteiger partial charge in [-0.3, -0.25) is 0 Å². The van der Waals surface area contributed by atoms with Crippen LogP contribution in [0.2, 0.25) is 0 Å². The van der Waals surface area contributed by atoms with Gasteiger partial charge in [-0.1, -0.05) is 89.8 Å². The van der Waals surface area contributed by atoms with Gasteiger partial charge in [0.1, 0.15) is 0 Å². The number of unbranched alkanes of at least 4 members (excludes halogenated alkanes) is 11. The van der Waals surface area contributed by atoms with E-state index in [0.29, 0.717) is 0 Å². The third-order valence-corrected chi connectivity index (χ3v) is 3.46. The van der Waals surface area contributed by atoms with E-state index in [-0.39, 0.29) is 19.5 Å². The quantitative estimate of drug-likeness (QED) is 0.106. The zero-order valence-electron chi connectivity index (χ0n) is 16.5. The Morgan fingerprint density at radius 3 is 1.42 bits per heavy atom. The van der Waals surface area contributed by atoms with E-state index in [1.54, 1.807) is 0 Å². The first-order chi connectivity index (χ1) is 11.9. The number of hydrogen-bond donors (Lipinski definition) is 3. The van der Waals surface area contributed by atoms with Gasteiger partial charge >= 0.3 is 19.5 Å². The molecular weight excluding hydrogens is 433 g/mol. The predicted molar refractivity (Wildman–Crippen MR) is 119 cm³/mol. The molecule has 26 heavy (non-hydrogen) atoms. The zero-order valence-corrected chi connectivity index (χ0v) is 22.1. The number of thiol groups is 1. The van der Waals surface area contributed by atoms with Crippen LogP contribution in [0.15, 0.2) is 30.3 Å². The first-order valence-corrected chi connectivity index (χ1v) is 13.3. The van der Waals surface area contributed by atoms with Crippen molar-refractivity contribution < 1.29 is 29.3 Å². The summed E-state index contributed by atoms with van der Waals surface area (Å²) >= 11 is 7.07. The molecule has 0 saturated carbocycles. The Morgan fingerprint density at radius 2 is 1.19 bits per heavy atom. The van der Waals surface area contributed by atoms with Crippen molar-refractivity contribution in [2.24, 2.45) is 0 Å². The molecule has 6 heteroatoms. The maximum absolute atomic E-state index is 7.87. The molecule has 1 aromatic carbocycles. The van der Waals surface area contributed by atoms with E-state index in [0.717, 1.165) is 6.42 Å². The molecule has 0 amide bonds. The topological polar surface area (TPSA) is 40.5 Å². The molecule has 0 aliphatic heterocycles. The van der Waals surface area contributed by atoms with Crippen LogP contribution in [0.1, 0.15) is 84.0 Å². The van der Waals surface area contributed by atoms with Gasteiger partial charge in [-0.05, 0) is 11.8 Å². The van der Waals surface area contributed by atoms with E-state index >= 15 is 0 Å². The van der Waals surface area contributed by atoms with Crippen LogP contribution in [0.3, 0.4) is 0 Å². The third kappa shape index (κ3) is 44.3. The predicted octanol–water partition coefficient (Wildman–Crippen LogP) is 7.13. The van der Waals surface area contributed by atoms with Gasteiger partial charge in [-0.25, -0.2) is 0 Å². The van der Waals surface area contributed by atoms with Crippen molar-refractivity contribution in [3.05, 3.63) is 43.3 Å². The summed E-state index contributed by atoms with van der Waals surface area (Å²) in [6.45, 7) is 6.14. The minimum atomic E-state index is -3.11. The van der Waals surface area contributed by atoms with E-state index in [4.69, 9.17) is 9.79 Å². The second-order valence-electron chi connectivity index (χ2n) is 5.98. The first kappa shape index (κ1) is 31.5. The molecule has 0 fully saturated rings. The molecule has 0 aromatic heterocycles. The van der Waals surface area contributed by atoms with Crippen molar-refractivity contribution in [2.45, 2.75) is 84.0 Å². The van der Waals surface area contributed by atoms with E-state index in [1.165, 1.54) is 70.6 Å². The van der Waals surface area contributed by atoms with Gasteiger partial charge in [0.2, 0.25) is 5.69 Å². The Labute approximate surface area is 185 Å². The van der Waals surface area contributed by atoms with Crippen LogP contribution in [0.25, 0.3) is 0 Å². The average Bonchev–Trinajstić information content (AvgIpc) is 2.57. The summed E-state index contributed by atoms with van der Waals surface area (Å²) < 4.78 is 0. The zero-order chi connectivity index (χ0) is 19.2. The summed E-state index contributed by atoms with van der Waals surface area (Å²) in [4.78, 5) is 15.7. The van der Waals surface area contributed by atoms with Crippen molar-refractivity contribution in [3.63, 3.8) is 0 Å². The van der Waals surface area contributed by atoms with Crippen LogP contribution in [0.5, 0.6) is 0 Å². The number of benzene rings is 1. The van der Waals surface area contributed by atoms with Crippen molar-refractivity contribution in [3.8, 4) is 0 Å². The number of rotatable bonds is 11. The fourth-order valence-electron chi connectivity index (χ4n) is 2.18. The maximum atomic E-state index is 7.87. The molecule has 0 heterocycles. The van der Waals surface area contributed by atoms with E-state index in [9.17, 15) is 0 Å². The van der Waals surface area contributed by atoms with Crippen LogP contribution in [0, 0.1) is 13.0 Å². The van der Waals surface area contributed by atoms with Crippen LogP contribution in [-0.4, -0.2) is 9.79 Å². The molecule has 0 radical (unpaired) electrons. The van der Waals surface area contributed by atoms with Gasteiger partial charge in [0, 0.05) is 0 Å². The Morgan fingerprint density at radius 1 is 0.846 bits per heavy atom. The Hall–Kier alpha value is 0.763. The Balaban J connectivity index is -0.000000362. The standard InChI is InChI=1S/C14H29.C6H5.H3O2PS2.Zn/c1-3-5-7-9-11-13-14-12-10-8-6-4-2;1-2-4-6-5-3-1;1-3(2,4)5;/h1,3-14H2,2H3;1-5H;(H3,1,2,4,5);/q2*-1;;+2. The van der Waals surface area contributed by atoms with E-state index in [2.05, 4.69) is 44.0 Å². The van der Waals surface area contributed by atoms with Crippen LogP contribution in [-0.2, 0) is 31.3 Å². The SMILES string of the molecule is OP(O)(=S)S.[CH2-]CCCCCCCCCCCCC.[Zn+2].[c-]1ccccc1. The van der Waals surface area contributed by atoms with Crippen molar-refractivity contribution in [1.82, 2.24) is 0 Å². The smallest absolute Gasteiger partial charge is 0.343 e.